The molecule has 0 aliphatic carbocycles. The summed E-state index contributed by atoms with van der Waals surface area (Å²) in [5.74, 6) is -0.620. The minimum atomic E-state index is -3.80. The van der Waals surface area contributed by atoms with E-state index >= 15 is 0 Å². The molecule has 36 heavy (non-hydrogen) atoms. The molecule has 2 aromatic carbocycles. The topological polar surface area (TPSA) is 86.8 Å². The Kier molecular flexibility index (Phi) is 11.1. The van der Waals surface area contributed by atoms with Crippen molar-refractivity contribution in [1.82, 2.24) is 10.2 Å². The third kappa shape index (κ3) is 8.11. The van der Waals surface area contributed by atoms with Crippen LogP contribution in [0.25, 0.3) is 0 Å². The number of halogens is 2. The molecule has 1 atom stereocenters. The molecule has 1 N–H and O–H groups in total. The van der Waals surface area contributed by atoms with Gasteiger partial charge in [0.05, 0.1) is 11.9 Å². The Bertz CT molecular complexity index is 1130. The number of anilines is 1. The van der Waals surface area contributed by atoms with Gasteiger partial charge in [0.15, 0.2) is 0 Å². The lowest BCUT2D eigenvalue weighted by atomic mass is 10.0. The third-order valence-corrected chi connectivity index (χ3v) is 7.76. The number of hydrogen-bond acceptors (Lipinski definition) is 4. The van der Waals surface area contributed by atoms with Crippen molar-refractivity contribution in [2.24, 2.45) is 0 Å². The molecule has 1 unspecified atom stereocenters. The van der Waals surface area contributed by atoms with E-state index in [0.29, 0.717) is 27.8 Å². The first-order valence-electron chi connectivity index (χ1n) is 11.9. The van der Waals surface area contributed by atoms with Gasteiger partial charge >= 0.3 is 0 Å². The van der Waals surface area contributed by atoms with E-state index in [1.54, 1.807) is 37.3 Å². The minimum Gasteiger partial charge on any atom is -0.354 e. The number of nitrogens with one attached hydrogen (secondary N) is 1. The fourth-order valence-corrected chi connectivity index (χ4v) is 4.98. The largest absolute Gasteiger partial charge is 0.354 e. The summed E-state index contributed by atoms with van der Waals surface area (Å²) < 4.78 is 26.4. The van der Waals surface area contributed by atoms with E-state index in [1.165, 1.54) is 4.90 Å². The zero-order valence-electron chi connectivity index (χ0n) is 21.4. The fraction of sp³-hybridized carbons (Fsp3) is 0.462. The molecule has 2 rings (SSSR count). The number of carbonyl (C=O) groups is 2. The minimum absolute atomic E-state index is 0.0520. The Morgan fingerprint density at radius 2 is 1.58 bits per heavy atom. The molecule has 0 aliphatic heterocycles. The number of amides is 2. The summed E-state index contributed by atoms with van der Waals surface area (Å²) in [6.07, 6.45) is 2.76. The van der Waals surface area contributed by atoms with E-state index in [-0.39, 0.29) is 18.4 Å². The summed E-state index contributed by atoms with van der Waals surface area (Å²) in [4.78, 5) is 27.8. The average molecular weight is 557 g/mol. The number of carbonyl (C=O) groups excluding carboxylic acids is 2. The smallest absolute Gasteiger partial charge is 0.244 e. The fourth-order valence-electron chi connectivity index (χ4n) is 3.61. The van der Waals surface area contributed by atoms with Crippen molar-refractivity contribution in [3.8, 4) is 0 Å². The van der Waals surface area contributed by atoms with Gasteiger partial charge in [0, 0.05) is 28.7 Å². The number of hydrogen-bond donors (Lipinski definition) is 1. The van der Waals surface area contributed by atoms with E-state index < -0.39 is 28.5 Å². The molecule has 0 aromatic heterocycles. The van der Waals surface area contributed by atoms with Gasteiger partial charge in [-0.25, -0.2) is 8.42 Å². The SMILES string of the molecule is CCCCNC(=O)C(C)N(Cc1c(Cl)cccc1Cl)C(=O)CN(c1ccc(C(C)C)cc1)S(C)(=O)=O. The van der Waals surface area contributed by atoms with Crippen molar-refractivity contribution in [2.45, 2.75) is 59.0 Å². The first-order chi connectivity index (χ1) is 16.9. The lowest BCUT2D eigenvalue weighted by Crippen LogP contribution is -2.51. The summed E-state index contributed by atoms with van der Waals surface area (Å²) in [6, 6.07) is 11.1. The third-order valence-electron chi connectivity index (χ3n) is 5.91. The van der Waals surface area contributed by atoms with Crippen LogP contribution in [0.2, 0.25) is 10.0 Å². The van der Waals surface area contributed by atoms with Crippen molar-refractivity contribution in [3.05, 3.63) is 63.6 Å². The van der Waals surface area contributed by atoms with Gasteiger partial charge in [-0.3, -0.25) is 13.9 Å². The second kappa shape index (κ2) is 13.3. The summed E-state index contributed by atoms with van der Waals surface area (Å²) in [7, 11) is -3.80. The molecule has 0 saturated carbocycles. The number of nitrogens with zero attached hydrogens (tertiary/aromatic N) is 2. The number of rotatable bonds is 12. The van der Waals surface area contributed by atoms with Crippen molar-refractivity contribution in [2.75, 3.05) is 23.7 Å². The van der Waals surface area contributed by atoms with Crippen LogP contribution in [-0.2, 0) is 26.2 Å². The second-order valence-corrected chi connectivity index (χ2v) is 11.8. The molecule has 7 nitrogen and oxygen atoms in total. The predicted molar refractivity (Wildman–Crippen MR) is 147 cm³/mol. The molecule has 0 fully saturated rings. The van der Waals surface area contributed by atoms with Crippen LogP contribution in [0.4, 0.5) is 5.69 Å². The van der Waals surface area contributed by atoms with Crippen molar-refractivity contribution in [3.63, 3.8) is 0 Å². The highest BCUT2D eigenvalue weighted by Crippen LogP contribution is 2.27. The quantitative estimate of drug-likeness (QED) is 0.364. The van der Waals surface area contributed by atoms with E-state index in [0.717, 1.165) is 29.0 Å². The molecule has 0 spiro atoms. The molecule has 0 bridgehead atoms. The van der Waals surface area contributed by atoms with Crippen LogP contribution in [0, 0.1) is 0 Å². The molecule has 2 aromatic rings. The van der Waals surface area contributed by atoms with Crippen molar-refractivity contribution >= 4 is 50.7 Å². The standard InChI is InChI=1S/C26H35Cl2N3O4S/c1-6-7-15-29-26(33)19(4)30(16-22-23(27)9-8-10-24(22)28)25(32)17-31(36(5,34)35)21-13-11-20(12-14-21)18(2)3/h8-14,18-19H,6-7,15-17H2,1-5H3,(H,29,33). The van der Waals surface area contributed by atoms with Gasteiger partial charge < -0.3 is 10.2 Å². The number of benzene rings is 2. The van der Waals surface area contributed by atoms with Crippen LogP contribution in [0.3, 0.4) is 0 Å². The predicted octanol–water partition coefficient (Wildman–Crippen LogP) is 5.22. The molecule has 0 saturated heterocycles. The molecule has 10 heteroatoms. The summed E-state index contributed by atoms with van der Waals surface area (Å²) in [6.45, 7) is 7.64. The Hall–Kier alpha value is -2.29. The molecule has 198 valence electrons. The van der Waals surface area contributed by atoms with E-state index in [4.69, 9.17) is 23.2 Å². The molecule has 0 radical (unpaired) electrons. The Labute approximate surface area is 224 Å². The van der Waals surface area contributed by atoms with Crippen LogP contribution in [0.1, 0.15) is 57.6 Å². The molecule has 0 heterocycles. The Morgan fingerprint density at radius 3 is 2.08 bits per heavy atom. The van der Waals surface area contributed by atoms with E-state index in [2.05, 4.69) is 5.32 Å². The van der Waals surface area contributed by atoms with Crippen molar-refractivity contribution < 1.29 is 18.0 Å². The zero-order valence-corrected chi connectivity index (χ0v) is 23.8. The van der Waals surface area contributed by atoms with Crippen molar-refractivity contribution in [1.29, 1.82) is 0 Å². The van der Waals surface area contributed by atoms with Crippen LogP contribution < -0.4 is 9.62 Å². The molecular weight excluding hydrogens is 521 g/mol. The molecular formula is C26H35Cl2N3O4S. The Morgan fingerprint density at radius 1 is 1.00 bits per heavy atom. The summed E-state index contributed by atoms with van der Waals surface area (Å²) in [5, 5.41) is 3.54. The van der Waals surface area contributed by atoms with Gasteiger partial charge in [-0.15, -0.1) is 0 Å². The maximum atomic E-state index is 13.6. The van der Waals surface area contributed by atoms with Crippen LogP contribution in [-0.4, -0.2) is 50.5 Å². The highest BCUT2D eigenvalue weighted by atomic mass is 35.5. The highest BCUT2D eigenvalue weighted by molar-refractivity contribution is 7.92. The summed E-state index contributed by atoms with van der Waals surface area (Å²) in [5.41, 5.74) is 1.89. The number of unbranched alkanes of at least 4 members (excludes halogenated alkanes) is 1. The second-order valence-electron chi connectivity index (χ2n) is 9.06. The highest BCUT2D eigenvalue weighted by Gasteiger charge is 2.31. The molecule has 0 aliphatic rings. The summed E-state index contributed by atoms with van der Waals surface area (Å²) >= 11 is 12.7. The monoisotopic (exact) mass is 555 g/mol. The van der Waals surface area contributed by atoms with Crippen LogP contribution in [0.5, 0.6) is 0 Å². The number of sulfonamides is 1. The van der Waals surface area contributed by atoms with Crippen LogP contribution >= 0.6 is 23.2 Å². The van der Waals surface area contributed by atoms with Crippen LogP contribution in [0.15, 0.2) is 42.5 Å². The van der Waals surface area contributed by atoms with Gasteiger partial charge in [-0.05, 0) is 49.1 Å². The lowest BCUT2D eigenvalue weighted by Gasteiger charge is -2.32. The van der Waals surface area contributed by atoms with E-state index in [1.807, 2.05) is 32.9 Å². The van der Waals surface area contributed by atoms with Gasteiger partial charge in [0.2, 0.25) is 21.8 Å². The first-order valence-corrected chi connectivity index (χ1v) is 14.5. The Balaban J connectivity index is 2.41. The maximum absolute atomic E-state index is 13.6. The van der Waals surface area contributed by atoms with Gasteiger partial charge in [-0.2, -0.15) is 0 Å². The van der Waals surface area contributed by atoms with Gasteiger partial charge in [0.1, 0.15) is 12.6 Å². The lowest BCUT2D eigenvalue weighted by molar-refractivity contribution is -0.139. The molecule has 2 amide bonds. The van der Waals surface area contributed by atoms with Gasteiger partial charge in [-0.1, -0.05) is 68.6 Å². The van der Waals surface area contributed by atoms with Gasteiger partial charge in [0.25, 0.3) is 0 Å². The maximum Gasteiger partial charge on any atom is 0.244 e. The normalized spacial score (nSPS) is 12.3. The zero-order chi connectivity index (χ0) is 27.0. The average Bonchev–Trinajstić information content (AvgIpc) is 2.81. The van der Waals surface area contributed by atoms with E-state index in [9.17, 15) is 18.0 Å². The first kappa shape index (κ1) is 29.9.